The van der Waals surface area contributed by atoms with E-state index in [-0.39, 0.29) is 0 Å². The van der Waals surface area contributed by atoms with E-state index in [1.54, 1.807) is 5.57 Å². The van der Waals surface area contributed by atoms with Gasteiger partial charge in [0.15, 0.2) is 0 Å². The molecule has 2 aliphatic heterocycles. The van der Waals surface area contributed by atoms with Gasteiger partial charge in [0.05, 0.1) is 0 Å². The molecule has 3 nitrogen and oxygen atoms in total. The van der Waals surface area contributed by atoms with E-state index in [0.717, 1.165) is 52.0 Å². The van der Waals surface area contributed by atoms with E-state index >= 15 is 0 Å². The number of hydrogen-bond donors (Lipinski definition) is 1. The van der Waals surface area contributed by atoms with Crippen molar-refractivity contribution in [2.45, 2.75) is 58.5 Å². The zero-order valence-electron chi connectivity index (χ0n) is 18.6. The molecule has 0 aromatic carbocycles. The van der Waals surface area contributed by atoms with Gasteiger partial charge in [0.2, 0.25) is 0 Å². The lowest BCUT2D eigenvalue weighted by molar-refractivity contribution is 0.0673. The molecule has 3 heteroatoms. The fraction of sp³-hybridized carbons (Fsp3) is 0.538. The van der Waals surface area contributed by atoms with Crippen LogP contribution in [0.4, 0.5) is 0 Å². The first kappa shape index (κ1) is 21.9. The third kappa shape index (κ3) is 6.32. The van der Waals surface area contributed by atoms with Crippen LogP contribution in [0.1, 0.15) is 46.5 Å². The normalized spacial score (nSPS) is 27.8. The zero-order valence-corrected chi connectivity index (χ0v) is 18.6. The molecule has 158 valence electrons. The Kier molecular flexibility index (Phi) is 8.57. The van der Waals surface area contributed by atoms with Crippen LogP contribution in [-0.2, 0) is 0 Å². The highest BCUT2D eigenvalue weighted by Gasteiger charge is 2.30. The Bertz CT molecular complexity index is 707. The summed E-state index contributed by atoms with van der Waals surface area (Å²) in [4.78, 5) is 5.36. The van der Waals surface area contributed by atoms with Gasteiger partial charge in [-0.2, -0.15) is 0 Å². The maximum absolute atomic E-state index is 3.56. The Balaban J connectivity index is 1.68. The van der Waals surface area contributed by atoms with Gasteiger partial charge < -0.3 is 10.2 Å². The van der Waals surface area contributed by atoms with Crippen LogP contribution >= 0.6 is 0 Å². The van der Waals surface area contributed by atoms with Gasteiger partial charge in [-0.25, -0.2) is 0 Å². The van der Waals surface area contributed by atoms with Crippen LogP contribution in [0.25, 0.3) is 0 Å². The number of nitrogens with one attached hydrogen (secondary N) is 1. The summed E-state index contributed by atoms with van der Waals surface area (Å²) >= 11 is 0. The number of piperazine rings is 1. The lowest BCUT2D eigenvalue weighted by atomic mass is 10.0. The Labute approximate surface area is 178 Å². The van der Waals surface area contributed by atoms with Crippen LogP contribution in [0.3, 0.4) is 0 Å². The Hall–Kier alpha value is -1.84. The van der Waals surface area contributed by atoms with Crippen LogP contribution in [-0.4, -0.2) is 54.6 Å². The average Bonchev–Trinajstić information content (AvgIpc) is 3.15. The van der Waals surface area contributed by atoms with Crippen molar-refractivity contribution in [3.63, 3.8) is 0 Å². The van der Waals surface area contributed by atoms with Crippen molar-refractivity contribution in [1.82, 2.24) is 15.1 Å². The maximum atomic E-state index is 3.56. The second-order valence-electron chi connectivity index (χ2n) is 8.54. The van der Waals surface area contributed by atoms with Gasteiger partial charge in [-0.1, -0.05) is 61.1 Å². The molecule has 1 aliphatic carbocycles. The van der Waals surface area contributed by atoms with Crippen LogP contribution in [0.2, 0.25) is 0 Å². The lowest BCUT2D eigenvalue weighted by Gasteiger charge is -2.46. The third-order valence-corrected chi connectivity index (χ3v) is 6.22. The van der Waals surface area contributed by atoms with Crippen LogP contribution in [0.5, 0.6) is 0 Å². The lowest BCUT2D eigenvalue weighted by Crippen LogP contribution is -2.56. The molecular weight excluding hydrogens is 354 g/mol. The molecule has 1 saturated heterocycles. The highest BCUT2D eigenvalue weighted by Crippen LogP contribution is 2.26. The van der Waals surface area contributed by atoms with E-state index in [1.165, 1.54) is 17.7 Å². The molecule has 29 heavy (non-hydrogen) atoms. The summed E-state index contributed by atoms with van der Waals surface area (Å²) < 4.78 is 0. The van der Waals surface area contributed by atoms with Crippen molar-refractivity contribution in [1.29, 1.82) is 0 Å². The van der Waals surface area contributed by atoms with Gasteiger partial charge in [0, 0.05) is 50.5 Å². The van der Waals surface area contributed by atoms with E-state index in [4.69, 9.17) is 0 Å². The first-order chi connectivity index (χ1) is 14.2. The van der Waals surface area contributed by atoms with Gasteiger partial charge >= 0.3 is 0 Å². The molecule has 2 heterocycles. The fourth-order valence-electron chi connectivity index (χ4n) is 4.47. The van der Waals surface area contributed by atoms with Crippen molar-refractivity contribution >= 4 is 0 Å². The first-order valence-corrected chi connectivity index (χ1v) is 11.4. The topological polar surface area (TPSA) is 18.5 Å². The average molecular weight is 394 g/mol. The minimum atomic E-state index is 0.533. The van der Waals surface area contributed by atoms with Gasteiger partial charge in [0.25, 0.3) is 0 Å². The molecule has 0 spiro atoms. The Morgan fingerprint density at radius 2 is 1.97 bits per heavy atom. The van der Waals surface area contributed by atoms with E-state index < -0.39 is 0 Å². The summed E-state index contributed by atoms with van der Waals surface area (Å²) in [5, 5.41) is 3.56. The molecule has 3 rings (SSSR count). The fourth-order valence-corrected chi connectivity index (χ4v) is 4.47. The third-order valence-electron chi connectivity index (χ3n) is 6.22. The molecule has 0 radical (unpaired) electrons. The zero-order chi connectivity index (χ0) is 20.5. The van der Waals surface area contributed by atoms with Gasteiger partial charge in [-0.3, -0.25) is 4.90 Å². The van der Waals surface area contributed by atoms with Crippen LogP contribution in [0.15, 0.2) is 71.5 Å². The highest BCUT2D eigenvalue weighted by molar-refractivity contribution is 5.30. The molecular formula is C26H39N3. The summed E-state index contributed by atoms with van der Waals surface area (Å²) in [6, 6.07) is 1.11. The van der Waals surface area contributed by atoms with Crippen molar-refractivity contribution in [3.05, 3.63) is 71.5 Å². The first-order valence-electron chi connectivity index (χ1n) is 11.4. The minimum Gasteiger partial charge on any atom is -0.366 e. The smallest absolute Gasteiger partial charge is 0.0389 e. The standard InChI is InChI=1S/C26H39N3/c1-4-5-15-26(25-14-10-11-17-27-19-25)29-21-22(2)28(20-23(29)3)18-16-24-12-8-6-7-9-13-24/h5-12,15,22-23,27H,4,13-14,16-21H2,1-3H3/b15-5-,26-25+/t22-,23+/m1/s1. The van der Waals surface area contributed by atoms with Crippen molar-refractivity contribution in [3.8, 4) is 0 Å². The molecule has 3 aliphatic rings. The predicted octanol–water partition coefficient (Wildman–Crippen LogP) is 4.98. The highest BCUT2D eigenvalue weighted by atomic mass is 15.3. The van der Waals surface area contributed by atoms with Gasteiger partial charge in [0.1, 0.15) is 0 Å². The molecule has 0 aromatic heterocycles. The molecule has 1 fully saturated rings. The second kappa shape index (κ2) is 11.4. The molecule has 0 bridgehead atoms. The van der Waals surface area contributed by atoms with Crippen molar-refractivity contribution in [2.75, 3.05) is 32.7 Å². The number of allylic oxidation sites excluding steroid dienone is 8. The monoisotopic (exact) mass is 393 g/mol. The van der Waals surface area contributed by atoms with Crippen LogP contribution < -0.4 is 5.32 Å². The SMILES string of the molecule is CC/C=C\C(=C1\CC=CCNC1)N1C[C@@H](C)N(CCC2=CC=CC=CC2)C[C@@H]1C. The van der Waals surface area contributed by atoms with E-state index in [9.17, 15) is 0 Å². The number of rotatable bonds is 6. The predicted molar refractivity (Wildman–Crippen MR) is 126 cm³/mol. The van der Waals surface area contributed by atoms with Crippen molar-refractivity contribution in [2.24, 2.45) is 0 Å². The van der Waals surface area contributed by atoms with E-state index in [1.807, 2.05) is 0 Å². The summed E-state index contributed by atoms with van der Waals surface area (Å²) in [5.41, 5.74) is 4.52. The molecule has 2 atom stereocenters. The molecule has 0 amide bonds. The number of nitrogens with zero attached hydrogens (tertiary/aromatic N) is 2. The van der Waals surface area contributed by atoms with E-state index in [2.05, 4.69) is 90.6 Å². The minimum absolute atomic E-state index is 0.533. The van der Waals surface area contributed by atoms with Crippen molar-refractivity contribution < 1.29 is 0 Å². The number of hydrogen-bond acceptors (Lipinski definition) is 3. The Morgan fingerprint density at radius 3 is 2.83 bits per heavy atom. The summed E-state index contributed by atoms with van der Waals surface area (Å²) in [6.07, 6.45) is 24.7. The molecule has 0 unspecified atom stereocenters. The van der Waals surface area contributed by atoms with Crippen LogP contribution in [0, 0.1) is 0 Å². The molecule has 0 saturated carbocycles. The van der Waals surface area contributed by atoms with E-state index in [0.29, 0.717) is 12.1 Å². The molecule has 0 aromatic rings. The quantitative estimate of drug-likeness (QED) is 0.642. The second-order valence-corrected chi connectivity index (χ2v) is 8.54. The summed E-state index contributed by atoms with van der Waals surface area (Å²) in [7, 11) is 0. The van der Waals surface area contributed by atoms with Gasteiger partial charge in [-0.15, -0.1) is 0 Å². The van der Waals surface area contributed by atoms with Gasteiger partial charge in [-0.05, 0) is 51.2 Å². The largest absolute Gasteiger partial charge is 0.366 e. The summed E-state index contributed by atoms with van der Waals surface area (Å²) in [6.45, 7) is 12.4. The maximum Gasteiger partial charge on any atom is 0.0389 e. The summed E-state index contributed by atoms with van der Waals surface area (Å²) in [5.74, 6) is 0. The molecule has 1 N–H and O–H groups in total. The Morgan fingerprint density at radius 1 is 1.07 bits per heavy atom.